The lowest BCUT2D eigenvalue weighted by atomic mass is 9.75. The summed E-state index contributed by atoms with van der Waals surface area (Å²) in [5.74, 6) is 0.857. The molecule has 1 N–H and O–H groups in total. The highest BCUT2D eigenvalue weighted by molar-refractivity contribution is 5.40. The summed E-state index contributed by atoms with van der Waals surface area (Å²) in [6.45, 7) is 9.99. The first-order chi connectivity index (χ1) is 8.13. The molecule has 0 bridgehead atoms. The number of hydrogen-bond donors (Lipinski definition) is 1. The second-order valence-electron chi connectivity index (χ2n) is 5.54. The standard InChI is InChI=1S/C16H25N/c1-5-17-16(14-7-6-8-14)15-12(3)9-11(2)10-13(15)4/h9-10,14,16-17H,5-8H2,1-4H3. The molecule has 1 atom stereocenters. The lowest BCUT2D eigenvalue weighted by molar-refractivity contribution is 0.232. The van der Waals surface area contributed by atoms with E-state index in [0.717, 1.165) is 12.5 Å². The van der Waals surface area contributed by atoms with E-state index in [1.54, 1.807) is 5.56 Å². The molecule has 0 saturated heterocycles. The Hall–Kier alpha value is -0.820. The van der Waals surface area contributed by atoms with Crippen molar-refractivity contribution in [3.05, 3.63) is 34.4 Å². The fourth-order valence-corrected chi connectivity index (χ4v) is 3.18. The molecule has 2 rings (SSSR count). The number of hydrogen-bond acceptors (Lipinski definition) is 1. The summed E-state index contributed by atoms with van der Waals surface area (Å²) in [5, 5.41) is 3.70. The molecule has 0 radical (unpaired) electrons. The molecular weight excluding hydrogens is 206 g/mol. The van der Waals surface area contributed by atoms with Gasteiger partial charge in [0.2, 0.25) is 0 Å². The number of nitrogens with one attached hydrogen (secondary N) is 1. The van der Waals surface area contributed by atoms with E-state index in [9.17, 15) is 0 Å². The first-order valence-electron chi connectivity index (χ1n) is 6.94. The third-order valence-electron chi connectivity index (χ3n) is 4.09. The number of benzene rings is 1. The van der Waals surface area contributed by atoms with E-state index in [1.807, 2.05) is 0 Å². The van der Waals surface area contributed by atoms with Crippen molar-refractivity contribution in [2.45, 2.75) is 53.0 Å². The van der Waals surface area contributed by atoms with Crippen molar-refractivity contribution >= 4 is 0 Å². The van der Waals surface area contributed by atoms with E-state index < -0.39 is 0 Å². The third kappa shape index (κ3) is 2.55. The molecule has 1 aromatic carbocycles. The Morgan fingerprint density at radius 3 is 2.18 bits per heavy atom. The molecule has 1 heteroatoms. The molecule has 1 fully saturated rings. The molecule has 0 heterocycles. The fraction of sp³-hybridized carbons (Fsp3) is 0.625. The van der Waals surface area contributed by atoms with E-state index in [0.29, 0.717) is 6.04 Å². The van der Waals surface area contributed by atoms with Gasteiger partial charge in [-0.15, -0.1) is 0 Å². The smallest absolute Gasteiger partial charge is 0.0353 e. The molecule has 1 aliphatic carbocycles. The Bertz CT molecular complexity index is 368. The zero-order valence-corrected chi connectivity index (χ0v) is 11.6. The van der Waals surface area contributed by atoms with Gasteiger partial charge in [0.15, 0.2) is 0 Å². The van der Waals surface area contributed by atoms with Crippen LogP contribution in [0.4, 0.5) is 0 Å². The Kier molecular flexibility index (Phi) is 3.88. The van der Waals surface area contributed by atoms with E-state index in [1.165, 1.54) is 36.0 Å². The van der Waals surface area contributed by atoms with Crippen LogP contribution in [0.3, 0.4) is 0 Å². The van der Waals surface area contributed by atoms with Gasteiger partial charge < -0.3 is 5.32 Å². The Balaban J connectivity index is 2.34. The zero-order chi connectivity index (χ0) is 12.4. The second kappa shape index (κ2) is 5.22. The Morgan fingerprint density at radius 1 is 1.18 bits per heavy atom. The van der Waals surface area contributed by atoms with Crippen LogP contribution in [0.15, 0.2) is 12.1 Å². The summed E-state index contributed by atoms with van der Waals surface area (Å²) < 4.78 is 0. The molecule has 17 heavy (non-hydrogen) atoms. The first-order valence-corrected chi connectivity index (χ1v) is 6.94. The topological polar surface area (TPSA) is 12.0 Å². The molecule has 94 valence electrons. The fourth-order valence-electron chi connectivity index (χ4n) is 3.18. The summed E-state index contributed by atoms with van der Waals surface area (Å²) in [5.41, 5.74) is 5.86. The van der Waals surface area contributed by atoms with E-state index in [4.69, 9.17) is 0 Å². The van der Waals surface area contributed by atoms with Gasteiger partial charge >= 0.3 is 0 Å². The van der Waals surface area contributed by atoms with Gasteiger partial charge in [0.1, 0.15) is 0 Å². The van der Waals surface area contributed by atoms with Gasteiger partial charge in [-0.05, 0) is 62.8 Å². The zero-order valence-electron chi connectivity index (χ0n) is 11.6. The summed E-state index contributed by atoms with van der Waals surface area (Å²) >= 11 is 0. The normalized spacial score (nSPS) is 17.9. The van der Waals surface area contributed by atoms with Gasteiger partial charge in [-0.2, -0.15) is 0 Å². The van der Waals surface area contributed by atoms with Crippen molar-refractivity contribution in [3.63, 3.8) is 0 Å². The van der Waals surface area contributed by atoms with E-state index >= 15 is 0 Å². The van der Waals surface area contributed by atoms with Crippen LogP contribution in [-0.4, -0.2) is 6.54 Å². The molecular formula is C16H25N. The van der Waals surface area contributed by atoms with Crippen LogP contribution in [0.5, 0.6) is 0 Å². The van der Waals surface area contributed by atoms with Crippen LogP contribution < -0.4 is 5.32 Å². The molecule has 1 nitrogen and oxygen atoms in total. The molecule has 0 spiro atoms. The average Bonchev–Trinajstić information content (AvgIpc) is 2.13. The van der Waals surface area contributed by atoms with E-state index in [2.05, 4.69) is 45.1 Å². The summed E-state index contributed by atoms with van der Waals surface area (Å²) in [6, 6.07) is 5.23. The van der Waals surface area contributed by atoms with Gasteiger partial charge in [0, 0.05) is 6.04 Å². The van der Waals surface area contributed by atoms with Gasteiger partial charge in [-0.3, -0.25) is 0 Å². The number of rotatable bonds is 4. The highest BCUT2D eigenvalue weighted by Gasteiger charge is 2.29. The largest absolute Gasteiger partial charge is 0.310 e. The molecule has 0 amide bonds. The minimum atomic E-state index is 0.578. The lowest BCUT2D eigenvalue weighted by Crippen LogP contribution is -2.33. The van der Waals surface area contributed by atoms with Gasteiger partial charge in [-0.25, -0.2) is 0 Å². The van der Waals surface area contributed by atoms with Crippen LogP contribution >= 0.6 is 0 Å². The summed E-state index contributed by atoms with van der Waals surface area (Å²) in [4.78, 5) is 0. The predicted octanol–water partition coefficient (Wildman–Crippen LogP) is 4.06. The molecule has 1 saturated carbocycles. The van der Waals surface area contributed by atoms with Crippen LogP contribution in [0.2, 0.25) is 0 Å². The summed E-state index contributed by atoms with van der Waals surface area (Å²) in [6.07, 6.45) is 4.20. The maximum absolute atomic E-state index is 3.70. The van der Waals surface area contributed by atoms with Crippen molar-refractivity contribution in [3.8, 4) is 0 Å². The van der Waals surface area contributed by atoms with Crippen molar-refractivity contribution in [1.29, 1.82) is 0 Å². The minimum absolute atomic E-state index is 0.578. The first kappa shape index (κ1) is 12.6. The van der Waals surface area contributed by atoms with Crippen molar-refractivity contribution in [2.24, 2.45) is 5.92 Å². The van der Waals surface area contributed by atoms with E-state index in [-0.39, 0.29) is 0 Å². The maximum Gasteiger partial charge on any atom is 0.0353 e. The van der Waals surface area contributed by atoms with Crippen molar-refractivity contribution in [2.75, 3.05) is 6.54 Å². The minimum Gasteiger partial charge on any atom is -0.310 e. The molecule has 0 aromatic heterocycles. The lowest BCUT2D eigenvalue weighted by Gasteiger charge is -2.36. The number of aryl methyl sites for hydroxylation is 3. The molecule has 1 unspecified atom stereocenters. The van der Waals surface area contributed by atoms with Crippen LogP contribution in [0.1, 0.15) is 54.5 Å². The van der Waals surface area contributed by atoms with Crippen LogP contribution in [-0.2, 0) is 0 Å². The average molecular weight is 231 g/mol. The molecule has 1 aromatic rings. The van der Waals surface area contributed by atoms with Gasteiger partial charge in [-0.1, -0.05) is 31.0 Å². The highest BCUT2D eigenvalue weighted by atomic mass is 14.9. The highest BCUT2D eigenvalue weighted by Crippen LogP contribution is 2.39. The summed E-state index contributed by atoms with van der Waals surface area (Å²) in [7, 11) is 0. The monoisotopic (exact) mass is 231 g/mol. The van der Waals surface area contributed by atoms with Crippen LogP contribution in [0, 0.1) is 26.7 Å². The van der Waals surface area contributed by atoms with Gasteiger partial charge in [0.05, 0.1) is 0 Å². The SMILES string of the molecule is CCNC(c1c(C)cc(C)cc1C)C1CCC1. The maximum atomic E-state index is 3.70. The quantitative estimate of drug-likeness (QED) is 0.824. The van der Waals surface area contributed by atoms with Gasteiger partial charge in [0.25, 0.3) is 0 Å². The van der Waals surface area contributed by atoms with Crippen molar-refractivity contribution < 1.29 is 0 Å². The molecule has 1 aliphatic rings. The Labute approximate surface area is 106 Å². The third-order valence-corrected chi connectivity index (χ3v) is 4.09. The van der Waals surface area contributed by atoms with Crippen molar-refractivity contribution in [1.82, 2.24) is 5.32 Å². The van der Waals surface area contributed by atoms with Crippen LogP contribution in [0.25, 0.3) is 0 Å². The molecule has 0 aliphatic heterocycles. The predicted molar refractivity (Wildman–Crippen MR) is 74.4 cm³/mol. The second-order valence-corrected chi connectivity index (χ2v) is 5.54. The Morgan fingerprint density at radius 2 is 1.76 bits per heavy atom.